The van der Waals surface area contributed by atoms with Crippen LogP contribution in [-0.4, -0.2) is 35.1 Å². The van der Waals surface area contributed by atoms with E-state index in [2.05, 4.69) is 31.9 Å². The van der Waals surface area contributed by atoms with Gasteiger partial charge in [-0.05, 0) is 37.5 Å². The van der Waals surface area contributed by atoms with Gasteiger partial charge >= 0.3 is 12.0 Å². The van der Waals surface area contributed by atoms with Crippen molar-refractivity contribution in [3.63, 3.8) is 0 Å². The number of halogens is 2. The molecule has 0 radical (unpaired) electrons. The van der Waals surface area contributed by atoms with Crippen molar-refractivity contribution in [1.82, 2.24) is 10.6 Å². The Hall–Kier alpha value is -2.16. The van der Waals surface area contributed by atoms with Crippen LogP contribution in [0, 0.1) is 11.7 Å². The average molecular weight is 418 g/mol. The van der Waals surface area contributed by atoms with Gasteiger partial charge in [-0.2, -0.15) is 0 Å². The van der Waals surface area contributed by atoms with Crippen molar-refractivity contribution in [2.75, 3.05) is 5.32 Å². The number of anilines is 1. The van der Waals surface area contributed by atoms with Crippen LogP contribution < -0.4 is 16.0 Å². The Morgan fingerprint density at radius 2 is 1.84 bits per heavy atom. The van der Waals surface area contributed by atoms with Crippen LogP contribution >= 0.6 is 15.9 Å². The zero-order chi connectivity index (χ0) is 19.1. The molecular formula is C16H21BrFN3O4. The highest BCUT2D eigenvalue weighted by Crippen LogP contribution is 2.19. The summed E-state index contributed by atoms with van der Waals surface area (Å²) in [6.45, 7) is 5.04. The number of carboxylic acid groups (broad SMARTS) is 1. The second-order valence-electron chi connectivity index (χ2n) is 5.97. The van der Waals surface area contributed by atoms with Crippen LogP contribution in [-0.2, 0) is 9.59 Å². The number of aliphatic carboxylic acids is 1. The third-order valence-electron chi connectivity index (χ3n) is 3.24. The molecule has 25 heavy (non-hydrogen) atoms. The first kappa shape index (κ1) is 20.9. The first-order valence-electron chi connectivity index (χ1n) is 7.66. The zero-order valence-corrected chi connectivity index (χ0v) is 15.7. The van der Waals surface area contributed by atoms with Crippen LogP contribution in [0.1, 0.15) is 27.2 Å². The Morgan fingerprint density at radius 1 is 1.20 bits per heavy atom. The molecule has 1 aromatic carbocycles. The standard InChI is InChI=1S/C16H21BrFN3O4/c1-8(2)6-13(14(22)19-9(3)15(23)24)21-16(25)20-12-5-4-10(17)7-11(12)18/h4-5,7-9,13H,6H2,1-3H3,(H,19,22)(H,23,24)(H2,20,21,25)/t9-,13-/m0/s1. The molecule has 9 heteroatoms. The van der Waals surface area contributed by atoms with E-state index in [9.17, 15) is 18.8 Å². The number of rotatable bonds is 7. The summed E-state index contributed by atoms with van der Waals surface area (Å²) in [4.78, 5) is 35.1. The molecule has 0 aliphatic rings. The summed E-state index contributed by atoms with van der Waals surface area (Å²) in [6, 6.07) is 1.35. The molecule has 4 N–H and O–H groups in total. The number of urea groups is 1. The van der Waals surface area contributed by atoms with Crippen LogP contribution in [0.2, 0.25) is 0 Å². The molecular weight excluding hydrogens is 397 g/mol. The lowest BCUT2D eigenvalue weighted by atomic mass is 10.0. The van der Waals surface area contributed by atoms with Gasteiger partial charge in [-0.3, -0.25) is 9.59 Å². The highest BCUT2D eigenvalue weighted by atomic mass is 79.9. The lowest BCUT2D eigenvalue weighted by Crippen LogP contribution is -2.52. The fraction of sp³-hybridized carbons (Fsp3) is 0.438. The monoisotopic (exact) mass is 417 g/mol. The average Bonchev–Trinajstić information content (AvgIpc) is 2.48. The molecule has 0 fully saturated rings. The molecule has 0 saturated heterocycles. The van der Waals surface area contributed by atoms with E-state index in [0.717, 1.165) is 0 Å². The maximum atomic E-state index is 13.8. The van der Waals surface area contributed by atoms with Crippen LogP contribution in [0.4, 0.5) is 14.9 Å². The quantitative estimate of drug-likeness (QED) is 0.546. The van der Waals surface area contributed by atoms with Gasteiger partial charge in [0.05, 0.1) is 5.69 Å². The Labute approximate surface area is 153 Å². The second-order valence-corrected chi connectivity index (χ2v) is 6.89. The summed E-state index contributed by atoms with van der Waals surface area (Å²) in [5.41, 5.74) is -0.0386. The molecule has 138 valence electrons. The number of carbonyl (C=O) groups excluding carboxylic acids is 2. The van der Waals surface area contributed by atoms with E-state index in [1.807, 2.05) is 13.8 Å². The summed E-state index contributed by atoms with van der Waals surface area (Å²) >= 11 is 3.11. The maximum absolute atomic E-state index is 13.8. The van der Waals surface area contributed by atoms with Gasteiger partial charge < -0.3 is 21.1 Å². The van der Waals surface area contributed by atoms with Gasteiger partial charge in [0.2, 0.25) is 5.91 Å². The third kappa shape index (κ3) is 7.08. The van der Waals surface area contributed by atoms with Gasteiger partial charge in [-0.1, -0.05) is 29.8 Å². The minimum absolute atomic E-state index is 0.0386. The summed E-state index contributed by atoms with van der Waals surface area (Å²) in [5, 5.41) is 16.0. The SMILES string of the molecule is CC(C)C[C@H](NC(=O)Nc1ccc(Br)cc1F)C(=O)N[C@@H](C)C(=O)O. The van der Waals surface area contributed by atoms with Gasteiger partial charge in [0.25, 0.3) is 0 Å². The van der Waals surface area contributed by atoms with Gasteiger partial charge in [0, 0.05) is 4.47 Å². The van der Waals surface area contributed by atoms with Crippen LogP contribution in [0.3, 0.4) is 0 Å². The van der Waals surface area contributed by atoms with E-state index in [-0.39, 0.29) is 11.6 Å². The van der Waals surface area contributed by atoms with E-state index >= 15 is 0 Å². The molecule has 0 bridgehead atoms. The van der Waals surface area contributed by atoms with Gasteiger partial charge in [0.15, 0.2) is 0 Å². The molecule has 0 aromatic heterocycles. The van der Waals surface area contributed by atoms with Crippen molar-refractivity contribution >= 4 is 39.5 Å². The van der Waals surface area contributed by atoms with Crippen molar-refractivity contribution in [3.8, 4) is 0 Å². The van der Waals surface area contributed by atoms with Gasteiger partial charge in [-0.15, -0.1) is 0 Å². The molecule has 1 aromatic rings. The predicted octanol–water partition coefficient (Wildman–Crippen LogP) is 2.71. The zero-order valence-electron chi connectivity index (χ0n) is 14.1. The van der Waals surface area contributed by atoms with Gasteiger partial charge in [-0.25, -0.2) is 9.18 Å². The molecule has 0 aliphatic carbocycles. The molecule has 0 unspecified atom stereocenters. The van der Waals surface area contributed by atoms with E-state index in [0.29, 0.717) is 10.9 Å². The van der Waals surface area contributed by atoms with Crippen molar-refractivity contribution in [3.05, 3.63) is 28.5 Å². The number of hydrogen-bond donors (Lipinski definition) is 4. The summed E-state index contributed by atoms with van der Waals surface area (Å²) in [6.07, 6.45) is 0.300. The van der Waals surface area contributed by atoms with Crippen molar-refractivity contribution < 1.29 is 23.9 Å². The van der Waals surface area contributed by atoms with Crippen molar-refractivity contribution in [2.24, 2.45) is 5.92 Å². The molecule has 0 aliphatic heterocycles. The molecule has 0 saturated carbocycles. The molecule has 3 amide bonds. The molecule has 7 nitrogen and oxygen atoms in total. The van der Waals surface area contributed by atoms with Crippen molar-refractivity contribution in [2.45, 2.75) is 39.3 Å². The van der Waals surface area contributed by atoms with Gasteiger partial charge in [0.1, 0.15) is 17.9 Å². The smallest absolute Gasteiger partial charge is 0.325 e. The summed E-state index contributed by atoms with van der Waals surface area (Å²) < 4.78 is 14.3. The highest BCUT2D eigenvalue weighted by Gasteiger charge is 2.25. The van der Waals surface area contributed by atoms with Crippen LogP contribution in [0.15, 0.2) is 22.7 Å². The van der Waals surface area contributed by atoms with Crippen molar-refractivity contribution in [1.29, 1.82) is 0 Å². The number of nitrogens with one attached hydrogen (secondary N) is 3. The van der Waals surface area contributed by atoms with E-state index in [1.54, 1.807) is 6.07 Å². The Kier molecular flexibility index (Phi) is 7.82. The topological polar surface area (TPSA) is 108 Å². The Morgan fingerprint density at radius 3 is 2.36 bits per heavy atom. The molecule has 2 atom stereocenters. The Bertz CT molecular complexity index is 654. The molecule has 0 heterocycles. The minimum Gasteiger partial charge on any atom is -0.480 e. The molecule has 1 rings (SSSR count). The second kappa shape index (κ2) is 9.36. The lowest BCUT2D eigenvalue weighted by Gasteiger charge is -2.21. The first-order chi connectivity index (χ1) is 11.6. The van der Waals surface area contributed by atoms with Crippen LogP contribution in [0.5, 0.6) is 0 Å². The lowest BCUT2D eigenvalue weighted by molar-refractivity contribution is -0.141. The number of benzene rings is 1. The summed E-state index contributed by atoms with van der Waals surface area (Å²) in [5.74, 6) is -2.36. The summed E-state index contributed by atoms with van der Waals surface area (Å²) in [7, 11) is 0. The van der Waals surface area contributed by atoms with E-state index < -0.39 is 35.8 Å². The third-order valence-corrected chi connectivity index (χ3v) is 3.73. The Balaban J connectivity index is 2.77. The molecule has 0 spiro atoms. The number of amides is 3. The van der Waals surface area contributed by atoms with E-state index in [1.165, 1.54) is 19.1 Å². The van der Waals surface area contributed by atoms with Crippen LogP contribution in [0.25, 0.3) is 0 Å². The number of carboxylic acids is 1. The van der Waals surface area contributed by atoms with E-state index in [4.69, 9.17) is 5.11 Å². The minimum atomic E-state index is -1.18. The number of carbonyl (C=O) groups is 3. The normalized spacial score (nSPS) is 13.0. The first-order valence-corrected chi connectivity index (χ1v) is 8.45. The fourth-order valence-corrected chi connectivity index (χ4v) is 2.32. The number of hydrogen-bond acceptors (Lipinski definition) is 3. The highest BCUT2D eigenvalue weighted by molar-refractivity contribution is 9.10. The fourth-order valence-electron chi connectivity index (χ4n) is 1.99. The predicted molar refractivity (Wildman–Crippen MR) is 94.7 cm³/mol. The maximum Gasteiger partial charge on any atom is 0.325 e. The largest absolute Gasteiger partial charge is 0.480 e.